The standard InChI is InChI=1S/C4H2Cl6O2.C4H8O/c5-1-3(6,7)12-2(11)4(8,9)10;1-2-4-5-3-1/h1H2;1-4H2. The van der Waals surface area contributed by atoms with Crippen LogP contribution in [-0.4, -0.2) is 33.4 Å². The Morgan fingerprint density at radius 2 is 1.59 bits per heavy atom. The van der Waals surface area contributed by atoms with Crippen molar-refractivity contribution in [3.63, 3.8) is 0 Å². The van der Waals surface area contributed by atoms with Crippen LogP contribution in [0, 0.1) is 0 Å². The molecule has 0 N–H and O–H groups in total. The van der Waals surface area contributed by atoms with Gasteiger partial charge in [0, 0.05) is 13.2 Å². The SMILES string of the molecule is C1CCOC1.O=C(OC(Cl)(Cl)CCl)C(Cl)(Cl)Cl. The van der Waals surface area contributed by atoms with Crippen LogP contribution in [0.1, 0.15) is 12.8 Å². The lowest BCUT2D eigenvalue weighted by molar-refractivity contribution is -0.145. The summed E-state index contributed by atoms with van der Waals surface area (Å²) in [6, 6.07) is 0. The van der Waals surface area contributed by atoms with Gasteiger partial charge in [-0.1, -0.05) is 58.0 Å². The molecule has 1 fully saturated rings. The number of hydrogen-bond acceptors (Lipinski definition) is 3. The van der Waals surface area contributed by atoms with E-state index in [0.29, 0.717) is 0 Å². The molecule has 0 spiro atoms. The van der Waals surface area contributed by atoms with Gasteiger partial charge in [-0.3, -0.25) is 0 Å². The summed E-state index contributed by atoms with van der Waals surface area (Å²) in [6.07, 6.45) is 2.56. The van der Waals surface area contributed by atoms with Crippen molar-refractivity contribution in [2.45, 2.75) is 21.2 Å². The highest BCUT2D eigenvalue weighted by molar-refractivity contribution is 6.75. The summed E-state index contributed by atoms with van der Waals surface area (Å²) >= 11 is 31.3. The number of esters is 1. The second-order valence-corrected chi connectivity index (χ2v) is 6.94. The number of halogens is 6. The van der Waals surface area contributed by atoms with Gasteiger partial charge in [0.15, 0.2) is 0 Å². The minimum absolute atomic E-state index is 0.331. The van der Waals surface area contributed by atoms with Crippen LogP contribution in [0.4, 0.5) is 0 Å². The molecular weight excluding hydrogens is 357 g/mol. The van der Waals surface area contributed by atoms with Gasteiger partial charge >= 0.3 is 5.97 Å². The highest BCUT2D eigenvalue weighted by Gasteiger charge is 2.39. The summed E-state index contributed by atoms with van der Waals surface area (Å²) in [7, 11) is 0. The maximum atomic E-state index is 10.8. The van der Waals surface area contributed by atoms with E-state index in [0.717, 1.165) is 13.2 Å². The lowest BCUT2D eigenvalue weighted by atomic mass is 10.4. The average Bonchev–Trinajstić information content (AvgIpc) is 2.73. The molecular formula is C8H10Cl6O3. The zero-order chi connectivity index (χ0) is 13.5. The van der Waals surface area contributed by atoms with E-state index in [-0.39, 0.29) is 5.88 Å². The van der Waals surface area contributed by atoms with Crippen LogP contribution in [-0.2, 0) is 14.3 Å². The molecule has 102 valence electrons. The molecule has 1 heterocycles. The Kier molecular flexibility index (Phi) is 8.94. The second kappa shape index (κ2) is 8.36. The van der Waals surface area contributed by atoms with E-state index in [1.807, 2.05) is 0 Å². The fourth-order valence-electron chi connectivity index (χ4n) is 0.731. The first-order valence-corrected chi connectivity index (χ1v) is 6.93. The Balaban J connectivity index is 0.000000419. The van der Waals surface area contributed by atoms with E-state index in [9.17, 15) is 4.79 Å². The smallest absolute Gasteiger partial charge is 0.361 e. The summed E-state index contributed by atoms with van der Waals surface area (Å²) in [5.41, 5.74) is 0. The summed E-state index contributed by atoms with van der Waals surface area (Å²) in [5.74, 6) is -1.51. The van der Waals surface area contributed by atoms with Gasteiger partial charge in [-0.05, 0) is 12.8 Å². The third-order valence-corrected chi connectivity index (χ3v) is 2.99. The number of carbonyl (C=O) groups is 1. The first-order chi connectivity index (χ1) is 7.69. The van der Waals surface area contributed by atoms with Crippen LogP contribution in [0.25, 0.3) is 0 Å². The van der Waals surface area contributed by atoms with Crippen molar-refractivity contribution in [3.8, 4) is 0 Å². The summed E-state index contributed by atoms with van der Waals surface area (Å²) < 4.78 is 5.18. The van der Waals surface area contributed by atoms with E-state index >= 15 is 0 Å². The Morgan fingerprint density at radius 3 is 1.82 bits per heavy atom. The van der Waals surface area contributed by atoms with E-state index in [4.69, 9.17) is 74.3 Å². The molecule has 0 radical (unpaired) electrons. The number of alkyl halides is 6. The van der Waals surface area contributed by atoms with Gasteiger partial charge in [-0.25, -0.2) is 4.79 Å². The lowest BCUT2D eigenvalue weighted by Crippen LogP contribution is -2.31. The third-order valence-electron chi connectivity index (χ3n) is 1.46. The highest BCUT2D eigenvalue weighted by atomic mass is 35.6. The van der Waals surface area contributed by atoms with Crippen molar-refractivity contribution in [1.82, 2.24) is 0 Å². The predicted molar refractivity (Wildman–Crippen MR) is 71.6 cm³/mol. The van der Waals surface area contributed by atoms with Crippen LogP contribution >= 0.6 is 69.6 Å². The Labute approximate surface area is 130 Å². The number of carbonyl (C=O) groups excluding carboxylic acids is 1. The van der Waals surface area contributed by atoms with Crippen molar-refractivity contribution in [2.24, 2.45) is 0 Å². The molecule has 0 saturated carbocycles. The van der Waals surface area contributed by atoms with Crippen LogP contribution < -0.4 is 0 Å². The molecule has 3 nitrogen and oxygen atoms in total. The van der Waals surface area contributed by atoms with Crippen LogP contribution in [0.5, 0.6) is 0 Å². The van der Waals surface area contributed by atoms with E-state index in [1.165, 1.54) is 12.8 Å². The van der Waals surface area contributed by atoms with Gasteiger partial charge in [0.05, 0.1) is 5.88 Å². The fraction of sp³-hybridized carbons (Fsp3) is 0.875. The molecule has 0 aromatic rings. The normalized spacial score (nSPS) is 16.1. The van der Waals surface area contributed by atoms with E-state index in [2.05, 4.69) is 4.74 Å². The predicted octanol–water partition coefficient (Wildman–Crippen LogP) is 4.07. The summed E-state index contributed by atoms with van der Waals surface area (Å²) in [6.45, 7) is 2.00. The molecule has 1 aliphatic rings. The molecule has 0 aliphatic carbocycles. The van der Waals surface area contributed by atoms with Gasteiger partial charge in [0.25, 0.3) is 8.31 Å². The minimum Gasteiger partial charge on any atom is -0.424 e. The van der Waals surface area contributed by atoms with Gasteiger partial charge in [0.2, 0.25) is 0 Å². The topological polar surface area (TPSA) is 35.5 Å². The fourth-order valence-corrected chi connectivity index (χ4v) is 1.04. The van der Waals surface area contributed by atoms with Crippen molar-refractivity contribution < 1.29 is 14.3 Å². The Hall–Kier alpha value is 1.17. The van der Waals surface area contributed by atoms with Crippen molar-refractivity contribution >= 4 is 75.6 Å². The molecule has 0 atom stereocenters. The number of hydrogen-bond donors (Lipinski definition) is 0. The molecule has 1 rings (SSSR count). The molecule has 0 aromatic heterocycles. The monoisotopic (exact) mass is 364 g/mol. The highest BCUT2D eigenvalue weighted by Crippen LogP contribution is 2.32. The van der Waals surface area contributed by atoms with Gasteiger partial charge < -0.3 is 9.47 Å². The van der Waals surface area contributed by atoms with Crippen LogP contribution in [0.15, 0.2) is 0 Å². The molecule has 0 bridgehead atoms. The van der Waals surface area contributed by atoms with E-state index < -0.39 is 14.3 Å². The van der Waals surface area contributed by atoms with Crippen LogP contribution in [0.3, 0.4) is 0 Å². The molecule has 0 amide bonds. The largest absolute Gasteiger partial charge is 0.424 e. The van der Waals surface area contributed by atoms with Crippen LogP contribution in [0.2, 0.25) is 0 Å². The quantitative estimate of drug-likeness (QED) is 0.546. The second-order valence-electron chi connectivity index (χ2n) is 2.98. The Morgan fingerprint density at radius 1 is 1.12 bits per heavy atom. The minimum atomic E-state index is -2.21. The molecule has 9 heteroatoms. The van der Waals surface area contributed by atoms with Gasteiger partial charge in [-0.15, -0.1) is 11.6 Å². The number of rotatable bonds is 2. The molecule has 0 unspecified atom stereocenters. The number of ether oxygens (including phenoxy) is 2. The zero-order valence-electron chi connectivity index (χ0n) is 8.53. The van der Waals surface area contributed by atoms with Crippen molar-refractivity contribution in [2.75, 3.05) is 19.1 Å². The first kappa shape index (κ1) is 18.2. The first-order valence-electron chi connectivity index (χ1n) is 4.51. The summed E-state index contributed by atoms with van der Waals surface area (Å²) in [4.78, 5) is 10.8. The van der Waals surface area contributed by atoms with Crippen molar-refractivity contribution in [3.05, 3.63) is 0 Å². The summed E-state index contributed by atoms with van der Waals surface area (Å²) in [5, 5.41) is 0. The van der Waals surface area contributed by atoms with Gasteiger partial charge in [-0.2, -0.15) is 0 Å². The maximum absolute atomic E-state index is 10.8. The average molecular weight is 367 g/mol. The molecule has 1 saturated heterocycles. The lowest BCUT2D eigenvalue weighted by Gasteiger charge is -2.19. The van der Waals surface area contributed by atoms with Gasteiger partial charge in [0.1, 0.15) is 0 Å². The van der Waals surface area contributed by atoms with E-state index in [1.54, 1.807) is 0 Å². The molecule has 0 aromatic carbocycles. The maximum Gasteiger partial charge on any atom is 0.361 e. The molecule has 17 heavy (non-hydrogen) atoms. The Bertz CT molecular complexity index is 228. The van der Waals surface area contributed by atoms with Crippen molar-refractivity contribution in [1.29, 1.82) is 0 Å². The zero-order valence-corrected chi connectivity index (χ0v) is 13.1. The molecule has 1 aliphatic heterocycles. The third kappa shape index (κ3) is 9.71.